The van der Waals surface area contributed by atoms with E-state index in [2.05, 4.69) is 5.32 Å². The van der Waals surface area contributed by atoms with Crippen LogP contribution in [0.1, 0.15) is 18.1 Å². The molecule has 0 atom stereocenters. The molecule has 3 rings (SSSR count). The molecule has 156 valence electrons. The maximum atomic E-state index is 13.0. The normalized spacial score (nSPS) is 11.0. The predicted molar refractivity (Wildman–Crippen MR) is 124 cm³/mol. The van der Waals surface area contributed by atoms with E-state index in [4.69, 9.17) is 0 Å². The van der Waals surface area contributed by atoms with Crippen molar-refractivity contribution in [3.63, 3.8) is 0 Å². The number of carbonyl (C=O) groups excluding carboxylic acids is 2. The van der Waals surface area contributed by atoms with Crippen molar-refractivity contribution in [2.75, 3.05) is 36.9 Å². The fourth-order valence-corrected chi connectivity index (χ4v) is 3.62. The first-order valence-corrected chi connectivity index (χ1v) is 10.2. The van der Waals surface area contributed by atoms with Crippen molar-refractivity contribution in [2.45, 2.75) is 20.8 Å². The second-order valence-corrected chi connectivity index (χ2v) is 7.60. The number of rotatable bonds is 7. The van der Waals surface area contributed by atoms with Crippen molar-refractivity contribution < 1.29 is 9.59 Å². The highest BCUT2D eigenvalue weighted by Crippen LogP contribution is 2.26. The van der Waals surface area contributed by atoms with Gasteiger partial charge in [0.25, 0.3) is 0 Å². The highest BCUT2D eigenvalue weighted by molar-refractivity contribution is 6.04. The fourth-order valence-electron chi connectivity index (χ4n) is 3.62. The number of amides is 2. The Labute approximate surface area is 178 Å². The van der Waals surface area contributed by atoms with Gasteiger partial charge in [-0.2, -0.15) is 0 Å². The Hall–Kier alpha value is -3.18. The maximum Gasteiger partial charge on any atom is 0.241 e. The van der Waals surface area contributed by atoms with Gasteiger partial charge in [-0.05, 0) is 56.5 Å². The summed E-state index contributed by atoms with van der Waals surface area (Å²) in [6.45, 7) is 6.84. The molecule has 2 amide bonds. The van der Waals surface area contributed by atoms with Crippen LogP contribution in [0, 0.1) is 13.8 Å². The molecule has 0 spiro atoms. The highest BCUT2D eigenvalue weighted by atomic mass is 16.2. The maximum absolute atomic E-state index is 13.0. The molecule has 3 aromatic carbocycles. The highest BCUT2D eigenvalue weighted by Gasteiger charge is 2.19. The second-order valence-electron chi connectivity index (χ2n) is 7.60. The van der Waals surface area contributed by atoms with Crippen LogP contribution in [-0.4, -0.2) is 43.4 Å². The van der Waals surface area contributed by atoms with Gasteiger partial charge < -0.3 is 10.2 Å². The van der Waals surface area contributed by atoms with Crippen molar-refractivity contribution in [3.8, 4) is 0 Å². The molecule has 0 saturated heterocycles. The van der Waals surface area contributed by atoms with Gasteiger partial charge in [-0.1, -0.05) is 48.5 Å². The van der Waals surface area contributed by atoms with Crippen LogP contribution in [0.5, 0.6) is 0 Å². The molecule has 5 heteroatoms. The third-order valence-electron chi connectivity index (χ3n) is 5.37. The third-order valence-corrected chi connectivity index (χ3v) is 5.37. The van der Waals surface area contributed by atoms with E-state index in [1.165, 1.54) is 0 Å². The lowest BCUT2D eigenvalue weighted by molar-refractivity contribution is -0.120. The second kappa shape index (κ2) is 9.55. The molecular formula is C25H29N3O2. The van der Waals surface area contributed by atoms with E-state index >= 15 is 0 Å². The summed E-state index contributed by atoms with van der Waals surface area (Å²) in [4.78, 5) is 29.0. The lowest BCUT2D eigenvalue weighted by Gasteiger charge is -2.25. The van der Waals surface area contributed by atoms with Gasteiger partial charge >= 0.3 is 0 Å². The predicted octanol–water partition coefficient (Wildman–Crippen LogP) is 4.38. The molecule has 30 heavy (non-hydrogen) atoms. The van der Waals surface area contributed by atoms with Crippen LogP contribution in [0.4, 0.5) is 11.4 Å². The van der Waals surface area contributed by atoms with Crippen LogP contribution in [-0.2, 0) is 9.59 Å². The number of carbonyl (C=O) groups is 2. The summed E-state index contributed by atoms with van der Waals surface area (Å²) < 4.78 is 0. The van der Waals surface area contributed by atoms with E-state index < -0.39 is 0 Å². The molecule has 0 aliphatic heterocycles. The molecule has 5 nitrogen and oxygen atoms in total. The lowest BCUT2D eigenvalue weighted by atomic mass is 10.1. The Morgan fingerprint density at radius 3 is 2.37 bits per heavy atom. The van der Waals surface area contributed by atoms with Gasteiger partial charge in [-0.25, -0.2) is 0 Å². The Morgan fingerprint density at radius 1 is 0.900 bits per heavy atom. The molecule has 0 radical (unpaired) electrons. The monoisotopic (exact) mass is 403 g/mol. The van der Waals surface area contributed by atoms with Crippen molar-refractivity contribution in [1.82, 2.24) is 4.90 Å². The molecule has 0 unspecified atom stereocenters. The largest absolute Gasteiger partial charge is 0.325 e. The van der Waals surface area contributed by atoms with E-state index in [1.54, 1.807) is 16.8 Å². The minimum absolute atomic E-state index is 0.0316. The number of fused-ring (bicyclic) bond motifs is 1. The summed E-state index contributed by atoms with van der Waals surface area (Å²) >= 11 is 0. The van der Waals surface area contributed by atoms with Crippen LogP contribution in [0.25, 0.3) is 10.8 Å². The number of hydrogen-bond donors (Lipinski definition) is 1. The van der Waals surface area contributed by atoms with Crippen LogP contribution >= 0.6 is 0 Å². The molecule has 0 aromatic heterocycles. The van der Waals surface area contributed by atoms with Gasteiger partial charge in [0.15, 0.2) is 0 Å². The molecule has 0 aliphatic carbocycles. The van der Waals surface area contributed by atoms with Crippen LogP contribution in [0.15, 0.2) is 60.7 Å². The molecule has 1 N–H and O–H groups in total. The van der Waals surface area contributed by atoms with Crippen LogP contribution in [0.3, 0.4) is 0 Å². The van der Waals surface area contributed by atoms with Crippen molar-refractivity contribution >= 4 is 34.0 Å². The zero-order valence-electron chi connectivity index (χ0n) is 18.1. The van der Waals surface area contributed by atoms with Gasteiger partial charge in [0.1, 0.15) is 0 Å². The molecule has 0 aliphatic rings. The summed E-state index contributed by atoms with van der Waals surface area (Å²) in [5.41, 5.74) is 3.89. The number of nitrogens with zero attached hydrogens (tertiary/aromatic N) is 2. The average Bonchev–Trinajstić information content (AvgIpc) is 2.72. The van der Waals surface area contributed by atoms with Crippen LogP contribution < -0.4 is 10.2 Å². The first-order chi connectivity index (χ1) is 14.4. The molecule has 3 aromatic rings. The smallest absolute Gasteiger partial charge is 0.241 e. The number of aryl methyl sites for hydroxylation is 1. The van der Waals surface area contributed by atoms with Gasteiger partial charge in [-0.15, -0.1) is 0 Å². The minimum Gasteiger partial charge on any atom is -0.325 e. The van der Waals surface area contributed by atoms with Gasteiger partial charge in [0, 0.05) is 17.6 Å². The average molecular weight is 404 g/mol. The third kappa shape index (κ3) is 4.86. The molecule has 0 bridgehead atoms. The summed E-state index contributed by atoms with van der Waals surface area (Å²) in [7, 11) is 1.79. The number of nitrogens with one attached hydrogen (secondary N) is 1. The molecule has 0 heterocycles. The SMILES string of the molecule is CCN(C(=O)CN(C)CC(=O)Nc1cccc(C)c1C)c1cccc2ccccc12. The van der Waals surface area contributed by atoms with E-state index in [1.807, 2.05) is 81.4 Å². The number of likely N-dealkylation sites (N-methyl/N-ethyl adjacent to an activating group) is 2. The summed E-state index contributed by atoms with van der Waals surface area (Å²) in [6.07, 6.45) is 0. The zero-order valence-corrected chi connectivity index (χ0v) is 18.1. The Bertz CT molecular complexity index is 1060. The van der Waals surface area contributed by atoms with Crippen LogP contribution in [0.2, 0.25) is 0 Å². The quantitative estimate of drug-likeness (QED) is 0.637. The van der Waals surface area contributed by atoms with Gasteiger partial charge in [-0.3, -0.25) is 14.5 Å². The van der Waals surface area contributed by atoms with E-state index in [9.17, 15) is 9.59 Å². The Balaban J connectivity index is 1.66. The number of hydrogen-bond acceptors (Lipinski definition) is 3. The summed E-state index contributed by atoms with van der Waals surface area (Å²) in [5.74, 6) is -0.164. The number of anilines is 2. The molecule has 0 saturated carbocycles. The standard InChI is InChI=1S/C25H29N3O2/c1-5-28(23-15-9-12-20-11-6-7-13-21(20)23)25(30)17-27(4)16-24(29)26-22-14-8-10-18(2)19(22)3/h6-15H,5,16-17H2,1-4H3,(H,26,29). The zero-order chi connectivity index (χ0) is 21.7. The first kappa shape index (κ1) is 21.5. The van der Waals surface area contributed by atoms with E-state index in [0.29, 0.717) is 6.54 Å². The first-order valence-electron chi connectivity index (χ1n) is 10.2. The number of benzene rings is 3. The van der Waals surface area contributed by atoms with Crippen molar-refractivity contribution in [2.24, 2.45) is 0 Å². The topological polar surface area (TPSA) is 52.7 Å². The molecular weight excluding hydrogens is 374 g/mol. The molecule has 0 fully saturated rings. The Morgan fingerprint density at radius 2 is 1.60 bits per heavy atom. The van der Waals surface area contributed by atoms with Gasteiger partial charge in [0.05, 0.1) is 18.8 Å². The fraction of sp³-hybridized carbons (Fsp3) is 0.280. The van der Waals surface area contributed by atoms with E-state index in [-0.39, 0.29) is 24.9 Å². The Kier molecular flexibility index (Phi) is 6.85. The lowest BCUT2D eigenvalue weighted by Crippen LogP contribution is -2.41. The summed E-state index contributed by atoms with van der Waals surface area (Å²) in [5, 5.41) is 5.10. The summed E-state index contributed by atoms with van der Waals surface area (Å²) in [6, 6.07) is 19.9. The van der Waals surface area contributed by atoms with Crippen molar-refractivity contribution in [3.05, 3.63) is 71.8 Å². The van der Waals surface area contributed by atoms with Gasteiger partial charge in [0.2, 0.25) is 11.8 Å². The van der Waals surface area contributed by atoms with E-state index in [0.717, 1.165) is 33.3 Å². The van der Waals surface area contributed by atoms with Crippen molar-refractivity contribution in [1.29, 1.82) is 0 Å². The minimum atomic E-state index is -0.132.